The fourth-order valence-corrected chi connectivity index (χ4v) is 4.50. The average molecular weight is 396 g/mol. The number of halogens is 2. The molecule has 138 valence electrons. The number of rotatable bonds is 4. The lowest BCUT2D eigenvalue weighted by Gasteiger charge is -2.29. The van der Waals surface area contributed by atoms with E-state index in [0.717, 1.165) is 30.7 Å². The van der Waals surface area contributed by atoms with E-state index in [2.05, 4.69) is 0 Å². The topological polar surface area (TPSA) is 68.5 Å². The zero-order chi connectivity index (χ0) is 15.5. The fraction of sp³-hybridized carbons (Fsp3) is 0.750. The quantitative estimate of drug-likeness (QED) is 0.850. The van der Waals surface area contributed by atoms with Crippen LogP contribution < -0.4 is 5.73 Å². The lowest BCUT2D eigenvalue weighted by Crippen LogP contribution is -2.47. The van der Waals surface area contributed by atoms with E-state index >= 15 is 0 Å². The Kier molecular flexibility index (Phi) is 8.95. The molecular formula is C16H27Cl2N3O2S. The van der Waals surface area contributed by atoms with Crippen molar-refractivity contribution >= 4 is 42.1 Å². The summed E-state index contributed by atoms with van der Waals surface area (Å²) in [5.41, 5.74) is 7.43. The molecule has 1 aromatic rings. The van der Waals surface area contributed by atoms with Crippen LogP contribution in [0.25, 0.3) is 0 Å². The van der Waals surface area contributed by atoms with Gasteiger partial charge in [0, 0.05) is 25.1 Å². The highest BCUT2D eigenvalue weighted by Crippen LogP contribution is 2.27. The van der Waals surface area contributed by atoms with Crippen LogP contribution in [-0.2, 0) is 28.9 Å². The normalized spacial score (nSPS) is 18.8. The van der Waals surface area contributed by atoms with Crippen molar-refractivity contribution in [2.45, 2.75) is 51.1 Å². The van der Waals surface area contributed by atoms with E-state index in [9.17, 15) is 4.79 Å². The number of fused-ring (bicyclic) bond motifs is 1. The van der Waals surface area contributed by atoms with Gasteiger partial charge < -0.3 is 15.4 Å². The maximum atomic E-state index is 12.5. The lowest BCUT2D eigenvalue weighted by atomic mass is 9.91. The predicted octanol–water partition coefficient (Wildman–Crippen LogP) is 2.58. The number of carbonyl (C=O) groups is 1. The van der Waals surface area contributed by atoms with Crippen LogP contribution in [0.15, 0.2) is 0 Å². The Hall–Kier alpha value is -0.400. The van der Waals surface area contributed by atoms with Gasteiger partial charge in [-0.2, -0.15) is 0 Å². The van der Waals surface area contributed by atoms with E-state index in [4.69, 9.17) is 15.5 Å². The third kappa shape index (κ3) is 5.05. The van der Waals surface area contributed by atoms with Gasteiger partial charge in [-0.15, -0.1) is 36.2 Å². The van der Waals surface area contributed by atoms with Gasteiger partial charge in [0.2, 0.25) is 5.91 Å². The van der Waals surface area contributed by atoms with Gasteiger partial charge in [-0.25, -0.2) is 4.98 Å². The molecule has 8 heteroatoms. The van der Waals surface area contributed by atoms with Crippen LogP contribution in [0, 0.1) is 5.92 Å². The minimum Gasteiger partial charge on any atom is -0.381 e. The first-order chi connectivity index (χ1) is 10.6. The predicted molar refractivity (Wildman–Crippen MR) is 101 cm³/mol. The molecule has 2 N–H and O–H groups in total. The van der Waals surface area contributed by atoms with Crippen LogP contribution in [0.4, 0.5) is 0 Å². The van der Waals surface area contributed by atoms with E-state index in [1.807, 2.05) is 7.05 Å². The zero-order valence-electron chi connectivity index (χ0n) is 14.0. The van der Waals surface area contributed by atoms with Crippen LogP contribution >= 0.6 is 36.2 Å². The summed E-state index contributed by atoms with van der Waals surface area (Å²) in [5.74, 6) is 0.272. The number of nitrogens with two attached hydrogens (primary N) is 1. The van der Waals surface area contributed by atoms with Crippen molar-refractivity contribution in [1.29, 1.82) is 0 Å². The number of hydrogen-bond acceptors (Lipinski definition) is 5. The van der Waals surface area contributed by atoms with E-state index in [-0.39, 0.29) is 36.6 Å². The van der Waals surface area contributed by atoms with Crippen LogP contribution in [0.2, 0.25) is 0 Å². The smallest absolute Gasteiger partial charge is 0.239 e. The molecule has 0 bridgehead atoms. The summed E-state index contributed by atoms with van der Waals surface area (Å²) in [7, 11) is 1.84. The van der Waals surface area contributed by atoms with Crippen LogP contribution in [0.3, 0.4) is 0 Å². The second-order valence-corrected chi connectivity index (χ2v) is 7.52. The molecule has 3 rings (SSSR count). The van der Waals surface area contributed by atoms with Gasteiger partial charge >= 0.3 is 0 Å². The number of thiazole rings is 1. The first kappa shape index (κ1) is 21.6. The molecule has 24 heavy (non-hydrogen) atoms. The molecule has 1 aromatic heterocycles. The molecule has 0 saturated carbocycles. The van der Waals surface area contributed by atoms with E-state index in [1.54, 1.807) is 16.2 Å². The molecule has 5 nitrogen and oxygen atoms in total. The summed E-state index contributed by atoms with van der Waals surface area (Å²) < 4.78 is 5.34. The Bertz CT molecular complexity index is 512. The van der Waals surface area contributed by atoms with E-state index in [1.165, 1.54) is 23.4 Å². The number of likely N-dealkylation sites (N-methyl/N-ethyl adjacent to an activating group) is 1. The number of carbonyl (C=O) groups excluding carboxylic acids is 1. The number of ether oxygens (including phenoxy) is 1. The van der Waals surface area contributed by atoms with Gasteiger partial charge in [-0.3, -0.25) is 4.79 Å². The molecule has 1 saturated heterocycles. The summed E-state index contributed by atoms with van der Waals surface area (Å²) in [6, 6.07) is -0.413. The first-order valence-corrected chi connectivity index (χ1v) is 9.02. The largest absolute Gasteiger partial charge is 0.381 e. The van der Waals surface area contributed by atoms with Gasteiger partial charge in [0.15, 0.2) is 0 Å². The highest BCUT2D eigenvalue weighted by atomic mass is 35.5. The molecule has 0 aromatic carbocycles. The standard InChI is InChI=1S/C16H25N3O2S.2ClH/c1-19(16(20)15(17)11-6-8-21-9-7-11)10-14-18-12-4-2-3-5-13(12)22-14;;/h11,15H,2-10,17H2,1H3;2*1H. The van der Waals surface area contributed by atoms with E-state index in [0.29, 0.717) is 19.8 Å². The summed E-state index contributed by atoms with van der Waals surface area (Å²) in [6.45, 7) is 2.01. The second-order valence-electron chi connectivity index (χ2n) is 6.35. The monoisotopic (exact) mass is 395 g/mol. The maximum absolute atomic E-state index is 12.5. The van der Waals surface area contributed by atoms with Crippen molar-refractivity contribution in [1.82, 2.24) is 9.88 Å². The van der Waals surface area contributed by atoms with Gasteiger partial charge in [-0.1, -0.05) is 0 Å². The molecule has 2 heterocycles. The number of amides is 1. The SMILES string of the molecule is CN(Cc1nc2c(s1)CCCC2)C(=O)C(N)C1CCOCC1.Cl.Cl. The number of nitrogens with zero attached hydrogens (tertiary/aromatic N) is 2. The average Bonchev–Trinajstić information content (AvgIpc) is 2.96. The van der Waals surface area contributed by atoms with Gasteiger partial charge in [-0.05, 0) is 44.4 Å². The van der Waals surface area contributed by atoms with Gasteiger partial charge in [0.25, 0.3) is 0 Å². The lowest BCUT2D eigenvalue weighted by molar-refractivity contribution is -0.133. The summed E-state index contributed by atoms with van der Waals surface area (Å²) in [6.07, 6.45) is 6.49. The Morgan fingerprint density at radius 3 is 2.67 bits per heavy atom. The molecule has 0 spiro atoms. The second kappa shape index (κ2) is 9.92. The van der Waals surface area contributed by atoms with Crippen molar-refractivity contribution in [2.24, 2.45) is 11.7 Å². The van der Waals surface area contributed by atoms with Crippen LogP contribution in [0.1, 0.15) is 41.3 Å². The minimum absolute atomic E-state index is 0. The molecule has 1 aliphatic carbocycles. The van der Waals surface area contributed by atoms with Crippen LogP contribution in [-0.4, -0.2) is 42.1 Å². The highest BCUT2D eigenvalue weighted by Gasteiger charge is 2.29. The molecular weight excluding hydrogens is 369 g/mol. The molecule has 2 aliphatic rings. The van der Waals surface area contributed by atoms with Crippen molar-refractivity contribution in [2.75, 3.05) is 20.3 Å². The van der Waals surface area contributed by atoms with Crippen molar-refractivity contribution in [3.8, 4) is 0 Å². The summed E-state index contributed by atoms with van der Waals surface area (Å²) in [4.78, 5) is 20.4. The minimum atomic E-state index is -0.413. The third-order valence-electron chi connectivity index (χ3n) is 4.70. The maximum Gasteiger partial charge on any atom is 0.239 e. The van der Waals surface area contributed by atoms with Crippen LogP contribution in [0.5, 0.6) is 0 Å². The molecule has 1 atom stereocenters. The molecule has 1 unspecified atom stereocenters. The Morgan fingerprint density at radius 1 is 1.33 bits per heavy atom. The summed E-state index contributed by atoms with van der Waals surface area (Å²) in [5, 5.41) is 1.04. The Balaban J connectivity index is 0.00000144. The third-order valence-corrected chi connectivity index (χ3v) is 5.84. The first-order valence-electron chi connectivity index (χ1n) is 8.21. The zero-order valence-corrected chi connectivity index (χ0v) is 16.5. The van der Waals surface area contributed by atoms with Gasteiger partial charge in [0.05, 0.1) is 18.3 Å². The van der Waals surface area contributed by atoms with Crippen molar-refractivity contribution in [3.63, 3.8) is 0 Å². The molecule has 1 fully saturated rings. The molecule has 1 amide bonds. The highest BCUT2D eigenvalue weighted by molar-refractivity contribution is 7.11. The van der Waals surface area contributed by atoms with Crippen molar-refractivity contribution < 1.29 is 9.53 Å². The Labute approximate surface area is 160 Å². The molecule has 0 radical (unpaired) electrons. The number of aryl methyl sites for hydroxylation is 2. The summed E-state index contributed by atoms with van der Waals surface area (Å²) >= 11 is 1.76. The van der Waals surface area contributed by atoms with Gasteiger partial charge in [0.1, 0.15) is 5.01 Å². The Morgan fingerprint density at radius 2 is 2.00 bits per heavy atom. The number of hydrogen-bond donors (Lipinski definition) is 1. The fourth-order valence-electron chi connectivity index (χ4n) is 3.28. The van der Waals surface area contributed by atoms with Crippen molar-refractivity contribution in [3.05, 3.63) is 15.6 Å². The molecule has 1 aliphatic heterocycles. The number of aromatic nitrogens is 1. The van der Waals surface area contributed by atoms with E-state index < -0.39 is 6.04 Å².